The Kier molecular flexibility index (Phi) is 8.81. The summed E-state index contributed by atoms with van der Waals surface area (Å²) < 4.78 is 10.9. The molecule has 3 atom stereocenters. The summed E-state index contributed by atoms with van der Waals surface area (Å²) in [4.78, 5) is 0. The van der Waals surface area contributed by atoms with Gasteiger partial charge in [0.05, 0.1) is 5.60 Å². The van der Waals surface area contributed by atoms with Crippen LogP contribution in [0.25, 0.3) is 0 Å². The Balaban J connectivity index is 2.52. The van der Waals surface area contributed by atoms with Gasteiger partial charge in [0.2, 0.25) is 0 Å². The molecule has 3 unspecified atom stereocenters. The van der Waals surface area contributed by atoms with Crippen LogP contribution < -0.4 is 0 Å². The monoisotopic (exact) mass is 386 g/mol. The molecule has 0 bridgehead atoms. The molecule has 0 aromatic rings. The highest BCUT2D eigenvalue weighted by molar-refractivity contribution is 4.87. The fraction of sp³-hybridized carbons (Fsp3) is 1.00. The number of hydrogen-bond acceptors (Lipinski definition) is 4. The van der Waals surface area contributed by atoms with Gasteiger partial charge in [-0.05, 0) is 75.5 Å². The Morgan fingerprint density at radius 3 is 1.70 bits per heavy atom. The summed E-state index contributed by atoms with van der Waals surface area (Å²) in [5.41, 5.74) is 0.204. The van der Waals surface area contributed by atoms with Crippen LogP contribution in [0.1, 0.15) is 94.4 Å². The van der Waals surface area contributed by atoms with Crippen molar-refractivity contribution in [2.75, 3.05) is 6.61 Å². The molecule has 1 saturated carbocycles. The van der Waals surface area contributed by atoms with E-state index in [4.69, 9.17) is 9.47 Å². The maximum Gasteiger partial charge on any atom is 0.178 e. The van der Waals surface area contributed by atoms with Gasteiger partial charge in [0.15, 0.2) is 12.6 Å². The number of hydrogen-bond donors (Lipinski definition) is 2. The molecular weight excluding hydrogens is 340 g/mol. The Hall–Kier alpha value is -0.160. The molecular formula is C23H46O4. The van der Waals surface area contributed by atoms with E-state index in [9.17, 15) is 10.2 Å². The summed E-state index contributed by atoms with van der Waals surface area (Å²) in [5, 5.41) is 20.3. The first kappa shape index (κ1) is 24.9. The molecule has 1 aliphatic rings. The molecule has 1 fully saturated rings. The predicted molar refractivity (Wildman–Crippen MR) is 111 cm³/mol. The van der Waals surface area contributed by atoms with Gasteiger partial charge in [0, 0.05) is 5.92 Å². The van der Waals surface area contributed by atoms with Gasteiger partial charge in [0.1, 0.15) is 6.61 Å². The van der Waals surface area contributed by atoms with Gasteiger partial charge in [0.25, 0.3) is 0 Å². The predicted octanol–water partition coefficient (Wildman–Crippen LogP) is 5.36. The van der Waals surface area contributed by atoms with Crippen molar-refractivity contribution in [3.8, 4) is 0 Å². The molecule has 2 N–H and O–H groups in total. The molecule has 1 rings (SSSR count). The fourth-order valence-electron chi connectivity index (χ4n) is 4.43. The van der Waals surface area contributed by atoms with E-state index in [1.54, 1.807) is 0 Å². The third-order valence-corrected chi connectivity index (χ3v) is 5.63. The number of aliphatic hydroxyl groups is 2. The molecule has 0 amide bonds. The van der Waals surface area contributed by atoms with Crippen LogP contribution >= 0.6 is 0 Å². The van der Waals surface area contributed by atoms with E-state index in [-0.39, 0.29) is 12.5 Å². The summed E-state index contributed by atoms with van der Waals surface area (Å²) >= 11 is 0. The van der Waals surface area contributed by atoms with Crippen molar-refractivity contribution in [2.24, 2.45) is 28.6 Å². The van der Waals surface area contributed by atoms with Gasteiger partial charge >= 0.3 is 0 Å². The summed E-state index contributed by atoms with van der Waals surface area (Å²) in [6.07, 6.45) is 3.67. The lowest BCUT2D eigenvalue weighted by Gasteiger charge is -2.44. The highest BCUT2D eigenvalue weighted by Crippen LogP contribution is 2.46. The van der Waals surface area contributed by atoms with Crippen LogP contribution in [0.15, 0.2) is 0 Å². The van der Waals surface area contributed by atoms with Gasteiger partial charge in [-0.3, -0.25) is 0 Å². The first-order chi connectivity index (χ1) is 12.1. The first-order valence-corrected chi connectivity index (χ1v) is 10.7. The number of ether oxygens (including phenoxy) is 2. The van der Waals surface area contributed by atoms with E-state index in [0.29, 0.717) is 22.7 Å². The van der Waals surface area contributed by atoms with Crippen LogP contribution in [-0.2, 0) is 9.47 Å². The Bertz CT molecular complexity index is 419. The molecule has 0 heterocycles. The zero-order valence-corrected chi connectivity index (χ0v) is 19.3. The van der Waals surface area contributed by atoms with Crippen molar-refractivity contribution < 1.29 is 19.7 Å². The second kappa shape index (κ2) is 9.56. The molecule has 4 heteroatoms. The Morgan fingerprint density at radius 2 is 1.30 bits per heavy atom. The third-order valence-electron chi connectivity index (χ3n) is 5.63. The molecule has 0 aromatic carbocycles. The fourth-order valence-corrected chi connectivity index (χ4v) is 4.43. The van der Waals surface area contributed by atoms with Crippen LogP contribution in [0.2, 0.25) is 0 Å². The van der Waals surface area contributed by atoms with Crippen LogP contribution in [0.3, 0.4) is 0 Å². The summed E-state index contributed by atoms with van der Waals surface area (Å²) in [6.45, 7) is 19.8. The summed E-state index contributed by atoms with van der Waals surface area (Å²) in [6, 6.07) is 0. The Labute approximate surface area is 168 Å². The smallest absolute Gasteiger partial charge is 0.178 e. The minimum atomic E-state index is -1.01. The lowest BCUT2D eigenvalue weighted by molar-refractivity contribution is -0.230. The van der Waals surface area contributed by atoms with Crippen molar-refractivity contribution in [2.45, 2.75) is 113 Å². The molecule has 0 aliphatic heterocycles. The molecule has 4 nitrogen and oxygen atoms in total. The van der Waals surface area contributed by atoms with Gasteiger partial charge in [-0.25, -0.2) is 0 Å². The largest absolute Gasteiger partial charge is 0.368 e. The molecule has 0 aromatic heterocycles. The van der Waals surface area contributed by atoms with E-state index in [2.05, 4.69) is 41.5 Å². The maximum atomic E-state index is 10.4. The van der Waals surface area contributed by atoms with Gasteiger partial charge in [-0.15, -0.1) is 0 Å². The van der Waals surface area contributed by atoms with Crippen molar-refractivity contribution in [1.29, 1.82) is 0 Å². The zero-order valence-electron chi connectivity index (χ0n) is 19.3. The van der Waals surface area contributed by atoms with Gasteiger partial charge < -0.3 is 19.7 Å². The first-order valence-electron chi connectivity index (χ1n) is 10.7. The van der Waals surface area contributed by atoms with Crippen molar-refractivity contribution in [3.05, 3.63) is 0 Å². The molecule has 0 spiro atoms. The van der Waals surface area contributed by atoms with E-state index < -0.39 is 18.2 Å². The summed E-state index contributed by atoms with van der Waals surface area (Å²) in [5.74, 6) is 1.55. The van der Waals surface area contributed by atoms with Crippen LogP contribution in [-0.4, -0.2) is 35.0 Å². The van der Waals surface area contributed by atoms with E-state index in [1.165, 1.54) is 6.42 Å². The topological polar surface area (TPSA) is 58.9 Å². The van der Waals surface area contributed by atoms with Crippen molar-refractivity contribution >= 4 is 0 Å². The van der Waals surface area contributed by atoms with Crippen LogP contribution in [0, 0.1) is 28.6 Å². The maximum absolute atomic E-state index is 10.4. The number of rotatable bonds is 7. The number of aliphatic hydroxyl groups excluding tert-OH is 2. The van der Waals surface area contributed by atoms with E-state index in [0.717, 1.165) is 25.7 Å². The average molecular weight is 387 g/mol. The van der Waals surface area contributed by atoms with E-state index >= 15 is 0 Å². The van der Waals surface area contributed by atoms with Gasteiger partial charge in [-0.2, -0.15) is 0 Å². The molecule has 0 radical (unpaired) electrons. The van der Waals surface area contributed by atoms with Crippen molar-refractivity contribution in [3.63, 3.8) is 0 Å². The molecule has 0 saturated heterocycles. The normalized spacial score (nSPS) is 25.9. The quantitative estimate of drug-likeness (QED) is 0.578. The standard InChI is InChI=1S/C23H46O4/c1-21(2,3)14-18(22(4,5)6)16-10-12-17(13-11-16)20(25)26-15-19(24)27-23(7,8)9/h16-20,24-25H,10-15H2,1-9H3. The average Bonchev–Trinajstić information content (AvgIpc) is 2.47. The highest BCUT2D eigenvalue weighted by atomic mass is 16.7. The SMILES string of the molecule is CC(C)(C)CC(C1CCC(C(O)OCC(O)OC(C)(C)C)CC1)C(C)(C)C. The molecule has 27 heavy (non-hydrogen) atoms. The lowest BCUT2D eigenvalue weighted by Crippen LogP contribution is -2.37. The van der Waals surface area contributed by atoms with Gasteiger partial charge in [-0.1, -0.05) is 41.5 Å². The zero-order chi connectivity index (χ0) is 21.0. The second-order valence-corrected chi connectivity index (χ2v) is 11.8. The van der Waals surface area contributed by atoms with Crippen molar-refractivity contribution in [1.82, 2.24) is 0 Å². The molecule has 162 valence electrons. The Morgan fingerprint density at radius 1 is 0.815 bits per heavy atom. The van der Waals surface area contributed by atoms with Crippen LogP contribution in [0.4, 0.5) is 0 Å². The summed E-state index contributed by atoms with van der Waals surface area (Å²) in [7, 11) is 0. The van der Waals surface area contributed by atoms with E-state index in [1.807, 2.05) is 20.8 Å². The second-order valence-electron chi connectivity index (χ2n) is 11.8. The minimum Gasteiger partial charge on any atom is -0.368 e. The lowest BCUT2D eigenvalue weighted by atomic mass is 9.62. The minimum absolute atomic E-state index is 0.00695. The molecule has 1 aliphatic carbocycles. The van der Waals surface area contributed by atoms with Crippen LogP contribution in [0.5, 0.6) is 0 Å². The highest BCUT2D eigenvalue weighted by Gasteiger charge is 2.38. The third kappa shape index (κ3) is 9.74.